The molecule has 116 valence electrons. The van der Waals surface area contributed by atoms with E-state index in [0.29, 0.717) is 6.54 Å². The first-order valence-electron chi connectivity index (χ1n) is 8.09. The largest absolute Gasteiger partial charge is 0.496 e. The molecule has 4 nitrogen and oxygen atoms in total. The van der Waals surface area contributed by atoms with Crippen LogP contribution in [0.2, 0.25) is 0 Å². The highest BCUT2D eigenvalue weighted by atomic mass is 16.5. The van der Waals surface area contributed by atoms with Crippen molar-refractivity contribution < 1.29 is 4.74 Å². The summed E-state index contributed by atoms with van der Waals surface area (Å²) < 4.78 is 5.34. The van der Waals surface area contributed by atoms with Crippen molar-refractivity contribution in [2.45, 2.75) is 25.9 Å². The van der Waals surface area contributed by atoms with Gasteiger partial charge in [0.15, 0.2) is 0 Å². The Hall–Kier alpha value is -1.10. The van der Waals surface area contributed by atoms with Gasteiger partial charge < -0.3 is 15.4 Å². The molecule has 0 spiro atoms. The minimum Gasteiger partial charge on any atom is -0.496 e. The third-order valence-electron chi connectivity index (χ3n) is 4.65. The van der Waals surface area contributed by atoms with Gasteiger partial charge in [0.25, 0.3) is 0 Å². The molecule has 1 aromatic rings. The molecule has 1 aromatic carbocycles. The van der Waals surface area contributed by atoms with Gasteiger partial charge in [-0.25, -0.2) is 0 Å². The van der Waals surface area contributed by atoms with Crippen LogP contribution in [0.4, 0.5) is 0 Å². The highest BCUT2D eigenvalue weighted by Gasteiger charge is 2.26. The fraction of sp³-hybridized carbons (Fsp3) is 0.647. The molecule has 1 heterocycles. The second-order valence-corrected chi connectivity index (χ2v) is 6.37. The van der Waals surface area contributed by atoms with Crippen molar-refractivity contribution in [2.24, 2.45) is 11.7 Å². The van der Waals surface area contributed by atoms with Crippen molar-refractivity contribution in [1.82, 2.24) is 9.80 Å². The summed E-state index contributed by atoms with van der Waals surface area (Å²) in [5.41, 5.74) is 8.24. The minimum atomic E-state index is 0.534. The average Bonchev–Trinajstić information content (AvgIpc) is 3.33. The number of benzene rings is 1. The first kappa shape index (κ1) is 14.8. The van der Waals surface area contributed by atoms with Crippen molar-refractivity contribution in [3.05, 3.63) is 29.3 Å². The molecule has 0 unspecified atom stereocenters. The third-order valence-corrected chi connectivity index (χ3v) is 4.65. The van der Waals surface area contributed by atoms with Crippen molar-refractivity contribution in [3.63, 3.8) is 0 Å². The SMILES string of the molecule is COc1ccc(CN2CCN(CC3CC3)CC2)cc1CN. The summed E-state index contributed by atoms with van der Waals surface area (Å²) in [6, 6.07) is 6.39. The molecule has 3 rings (SSSR count). The molecule has 1 aliphatic heterocycles. The summed E-state index contributed by atoms with van der Waals surface area (Å²) in [7, 11) is 1.70. The van der Waals surface area contributed by atoms with Crippen LogP contribution < -0.4 is 10.5 Å². The quantitative estimate of drug-likeness (QED) is 0.865. The molecule has 21 heavy (non-hydrogen) atoms. The first-order chi connectivity index (χ1) is 10.3. The molecule has 2 N–H and O–H groups in total. The fourth-order valence-corrected chi connectivity index (χ4v) is 3.14. The van der Waals surface area contributed by atoms with Gasteiger partial charge in [-0.2, -0.15) is 0 Å². The maximum atomic E-state index is 5.80. The predicted molar refractivity (Wildman–Crippen MR) is 85.3 cm³/mol. The summed E-state index contributed by atoms with van der Waals surface area (Å²) in [5.74, 6) is 1.90. The highest BCUT2D eigenvalue weighted by Crippen LogP contribution is 2.30. The molecule has 1 aliphatic carbocycles. The average molecular weight is 289 g/mol. The Balaban J connectivity index is 1.52. The molecule has 0 radical (unpaired) electrons. The Morgan fingerprint density at radius 1 is 1.14 bits per heavy atom. The zero-order valence-corrected chi connectivity index (χ0v) is 13.1. The minimum absolute atomic E-state index is 0.534. The van der Waals surface area contributed by atoms with Gasteiger partial charge in [-0.1, -0.05) is 6.07 Å². The first-order valence-corrected chi connectivity index (χ1v) is 8.09. The van der Waals surface area contributed by atoms with E-state index >= 15 is 0 Å². The summed E-state index contributed by atoms with van der Waals surface area (Å²) in [6.07, 6.45) is 2.90. The lowest BCUT2D eigenvalue weighted by molar-refractivity contribution is 0.123. The highest BCUT2D eigenvalue weighted by molar-refractivity contribution is 5.37. The van der Waals surface area contributed by atoms with E-state index < -0.39 is 0 Å². The van der Waals surface area contributed by atoms with Crippen LogP contribution in [-0.2, 0) is 13.1 Å². The Kier molecular flexibility index (Phi) is 4.78. The Labute approximate surface area is 127 Å². The monoisotopic (exact) mass is 289 g/mol. The molecule has 1 saturated carbocycles. The van der Waals surface area contributed by atoms with E-state index in [1.54, 1.807) is 7.11 Å². The Bertz CT molecular complexity index is 465. The van der Waals surface area contributed by atoms with E-state index in [4.69, 9.17) is 10.5 Å². The second kappa shape index (κ2) is 6.77. The fourth-order valence-electron chi connectivity index (χ4n) is 3.14. The van der Waals surface area contributed by atoms with Crippen molar-refractivity contribution in [3.8, 4) is 5.75 Å². The lowest BCUT2D eigenvalue weighted by atomic mass is 10.1. The van der Waals surface area contributed by atoms with Gasteiger partial charge in [-0.3, -0.25) is 4.90 Å². The molecular weight excluding hydrogens is 262 g/mol. The van der Waals surface area contributed by atoms with Crippen LogP contribution in [0, 0.1) is 5.92 Å². The molecule has 0 aromatic heterocycles. The van der Waals surface area contributed by atoms with Crippen molar-refractivity contribution in [1.29, 1.82) is 0 Å². The smallest absolute Gasteiger partial charge is 0.123 e. The van der Waals surface area contributed by atoms with Crippen LogP contribution in [0.15, 0.2) is 18.2 Å². The summed E-state index contributed by atoms with van der Waals surface area (Å²) in [4.78, 5) is 5.18. The van der Waals surface area contributed by atoms with Crippen LogP contribution in [0.5, 0.6) is 5.75 Å². The maximum Gasteiger partial charge on any atom is 0.123 e. The van der Waals surface area contributed by atoms with Crippen LogP contribution in [0.25, 0.3) is 0 Å². The zero-order valence-electron chi connectivity index (χ0n) is 13.1. The number of ether oxygens (including phenoxy) is 1. The van der Waals surface area contributed by atoms with Crippen molar-refractivity contribution >= 4 is 0 Å². The molecule has 0 atom stereocenters. The third kappa shape index (κ3) is 3.96. The van der Waals surface area contributed by atoms with Gasteiger partial charge in [0.05, 0.1) is 7.11 Å². The van der Waals surface area contributed by atoms with Crippen LogP contribution in [0.1, 0.15) is 24.0 Å². The number of nitrogens with two attached hydrogens (primary N) is 1. The molecule has 1 saturated heterocycles. The van der Waals surface area contributed by atoms with Crippen LogP contribution >= 0.6 is 0 Å². The molecule has 4 heteroatoms. The van der Waals surface area contributed by atoms with E-state index in [1.165, 1.54) is 51.1 Å². The normalized spacial score (nSPS) is 20.7. The van der Waals surface area contributed by atoms with Gasteiger partial charge in [-0.15, -0.1) is 0 Å². The van der Waals surface area contributed by atoms with E-state index in [1.807, 2.05) is 6.07 Å². The van der Waals surface area contributed by atoms with Gasteiger partial charge in [-0.05, 0) is 36.5 Å². The van der Waals surface area contributed by atoms with Gasteiger partial charge in [0.2, 0.25) is 0 Å². The standard InChI is InChI=1S/C17H27N3O/c1-21-17-5-4-15(10-16(17)11-18)13-20-8-6-19(7-9-20)12-14-2-3-14/h4-5,10,14H,2-3,6-9,11-13,18H2,1H3. The maximum absolute atomic E-state index is 5.80. The number of piperazine rings is 1. The number of nitrogens with zero attached hydrogens (tertiary/aromatic N) is 2. The number of hydrogen-bond donors (Lipinski definition) is 1. The van der Waals surface area contributed by atoms with Gasteiger partial charge in [0.1, 0.15) is 5.75 Å². The molecule has 2 fully saturated rings. The zero-order chi connectivity index (χ0) is 14.7. The Morgan fingerprint density at radius 3 is 2.48 bits per heavy atom. The lowest BCUT2D eigenvalue weighted by Crippen LogP contribution is -2.46. The number of hydrogen-bond acceptors (Lipinski definition) is 4. The summed E-state index contributed by atoms with van der Waals surface area (Å²) in [6.45, 7) is 7.67. The summed E-state index contributed by atoms with van der Waals surface area (Å²) >= 11 is 0. The number of rotatable bonds is 6. The van der Waals surface area contributed by atoms with E-state index in [-0.39, 0.29) is 0 Å². The van der Waals surface area contributed by atoms with Crippen LogP contribution in [-0.4, -0.2) is 49.6 Å². The lowest BCUT2D eigenvalue weighted by Gasteiger charge is -2.34. The topological polar surface area (TPSA) is 41.7 Å². The second-order valence-electron chi connectivity index (χ2n) is 6.37. The van der Waals surface area contributed by atoms with Gasteiger partial charge in [0, 0.05) is 51.4 Å². The summed E-state index contributed by atoms with van der Waals surface area (Å²) in [5, 5.41) is 0. The molecular formula is C17H27N3O. The van der Waals surface area contributed by atoms with E-state index in [9.17, 15) is 0 Å². The molecule has 0 amide bonds. The van der Waals surface area contributed by atoms with Crippen LogP contribution in [0.3, 0.4) is 0 Å². The van der Waals surface area contributed by atoms with E-state index in [0.717, 1.165) is 23.8 Å². The Morgan fingerprint density at radius 2 is 1.86 bits per heavy atom. The van der Waals surface area contributed by atoms with Crippen molar-refractivity contribution in [2.75, 3.05) is 39.8 Å². The number of methoxy groups -OCH3 is 1. The molecule has 0 bridgehead atoms. The molecule has 2 aliphatic rings. The van der Waals surface area contributed by atoms with E-state index in [2.05, 4.69) is 21.9 Å². The van der Waals surface area contributed by atoms with Gasteiger partial charge >= 0.3 is 0 Å². The predicted octanol–water partition coefficient (Wildman–Crippen LogP) is 1.68.